The van der Waals surface area contributed by atoms with Crippen LogP contribution in [0, 0.1) is 11.6 Å². The first-order valence-corrected chi connectivity index (χ1v) is 8.61. The Bertz CT molecular complexity index is 611. The summed E-state index contributed by atoms with van der Waals surface area (Å²) in [6.45, 7) is 3.44. The van der Waals surface area contributed by atoms with Crippen LogP contribution in [-0.2, 0) is 4.79 Å². The molecular weight excluding hydrogens is 314 g/mol. The van der Waals surface area contributed by atoms with Crippen molar-refractivity contribution < 1.29 is 18.7 Å². The van der Waals surface area contributed by atoms with Crippen molar-refractivity contribution >= 4 is 5.91 Å². The van der Waals surface area contributed by atoms with Crippen LogP contribution in [0.2, 0.25) is 0 Å². The molecule has 2 saturated heterocycles. The summed E-state index contributed by atoms with van der Waals surface area (Å²) in [4.78, 5) is 15.9. The molecule has 2 heterocycles. The highest BCUT2D eigenvalue weighted by molar-refractivity contribution is 5.74. The van der Waals surface area contributed by atoms with Crippen molar-refractivity contribution in [1.29, 1.82) is 0 Å². The largest absolute Gasteiger partial charge is 0.387 e. The summed E-state index contributed by atoms with van der Waals surface area (Å²) in [5.74, 6) is -1.06. The molecule has 1 aromatic carbocycles. The molecule has 132 valence electrons. The monoisotopic (exact) mass is 338 g/mol. The quantitative estimate of drug-likeness (QED) is 0.917. The van der Waals surface area contributed by atoms with E-state index in [1.165, 1.54) is 0 Å². The van der Waals surface area contributed by atoms with Gasteiger partial charge in [-0.25, -0.2) is 8.78 Å². The van der Waals surface area contributed by atoms with Crippen LogP contribution in [0.4, 0.5) is 8.78 Å². The number of amides is 1. The van der Waals surface area contributed by atoms with Gasteiger partial charge in [-0.05, 0) is 50.4 Å². The van der Waals surface area contributed by atoms with Crippen molar-refractivity contribution in [2.24, 2.45) is 0 Å². The van der Waals surface area contributed by atoms with Gasteiger partial charge < -0.3 is 10.0 Å². The van der Waals surface area contributed by atoms with Gasteiger partial charge in [0.1, 0.15) is 11.6 Å². The summed E-state index contributed by atoms with van der Waals surface area (Å²) in [5, 5.41) is 10.4. The minimum atomic E-state index is -1.08. The molecule has 1 amide bonds. The van der Waals surface area contributed by atoms with Gasteiger partial charge in [0, 0.05) is 37.7 Å². The Morgan fingerprint density at radius 2 is 1.96 bits per heavy atom. The fourth-order valence-corrected chi connectivity index (χ4v) is 4.19. The summed E-state index contributed by atoms with van der Waals surface area (Å²) in [5.41, 5.74) is -0.00417. The van der Waals surface area contributed by atoms with E-state index in [9.17, 15) is 18.7 Å². The van der Waals surface area contributed by atoms with Crippen molar-refractivity contribution in [3.05, 3.63) is 35.4 Å². The number of halogens is 2. The Morgan fingerprint density at radius 3 is 2.71 bits per heavy atom. The van der Waals surface area contributed by atoms with Crippen molar-refractivity contribution in [1.82, 2.24) is 9.80 Å². The van der Waals surface area contributed by atoms with E-state index in [1.54, 1.807) is 6.92 Å². The second kappa shape index (κ2) is 7.15. The van der Waals surface area contributed by atoms with E-state index >= 15 is 0 Å². The first kappa shape index (κ1) is 17.3. The van der Waals surface area contributed by atoms with E-state index < -0.39 is 17.7 Å². The molecule has 2 aliphatic heterocycles. The van der Waals surface area contributed by atoms with Gasteiger partial charge in [0.25, 0.3) is 0 Å². The van der Waals surface area contributed by atoms with Crippen molar-refractivity contribution in [3.8, 4) is 0 Å². The lowest BCUT2D eigenvalue weighted by Gasteiger charge is -2.35. The van der Waals surface area contributed by atoms with E-state index in [0.717, 1.165) is 57.0 Å². The van der Waals surface area contributed by atoms with Crippen molar-refractivity contribution in [3.63, 3.8) is 0 Å². The van der Waals surface area contributed by atoms with Gasteiger partial charge in [-0.1, -0.05) is 0 Å². The molecule has 0 saturated carbocycles. The molecule has 1 N–H and O–H groups in total. The van der Waals surface area contributed by atoms with Crippen LogP contribution >= 0.6 is 0 Å². The van der Waals surface area contributed by atoms with Gasteiger partial charge >= 0.3 is 0 Å². The fraction of sp³-hybridized carbons (Fsp3) is 0.611. The Hall–Kier alpha value is -1.53. The van der Waals surface area contributed by atoms with Crippen molar-refractivity contribution in [2.45, 2.75) is 50.8 Å². The first-order valence-electron chi connectivity index (χ1n) is 8.61. The summed E-state index contributed by atoms with van der Waals surface area (Å²) in [6.07, 6.45) is 2.84. The zero-order valence-electron chi connectivity index (χ0n) is 13.9. The summed E-state index contributed by atoms with van der Waals surface area (Å²) in [6, 6.07) is 3.50. The lowest BCUT2D eigenvalue weighted by molar-refractivity contribution is -0.130. The molecule has 2 fully saturated rings. The molecular formula is C18H24F2N2O2. The third-order valence-corrected chi connectivity index (χ3v) is 5.29. The van der Waals surface area contributed by atoms with E-state index in [2.05, 4.69) is 4.90 Å². The number of rotatable bonds is 4. The maximum Gasteiger partial charge on any atom is 0.219 e. The Labute approximate surface area is 141 Å². The number of aliphatic hydroxyl groups excluding tert-OH is 1. The number of β-amino-alcohol motifs (C(OH)–C–C–N with tert-alkyl or cyclic N) is 1. The van der Waals surface area contributed by atoms with Crippen LogP contribution in [-0.4, -0.2) is 52.5 Å². The second-order valence-corrected chi connectivity index (χ2v) is 6.81. The highest BCUT2D eigenvalue weighted by Crippen LogP contribution is 2.31. The molecule has 6 heteroatoms. The standard InChI is InChI=1S/C18H24F2N2O2/c1-12(23)22-9-3-5-17(22)16-4-2-8-21(16)11-18(24)14-10-13(19)6-7-15(14)20/h6-7,10,16-18,24H,2-5,8-9,11H2,1H3/t16-,17+,18-/m0/s1. The van der Waals surface area contributed by atoms with E-state index in [-0.39, 0.29) is 30.1 Å². The van der Waals surface area contributed by atoms with Gasteiger partial charge in [0.2, 0.25) is 5.91 Å². The molecule has 0 radical (unpaired) electrons. The molecule has 24 heavy (non-hydrogen) atoms. The molecule has 4 nitrogen and oxygen atoms in total. The average Bonchev–Trinajstić information content (AvgIpc) is 3.17. The molecule has 0 spiro atoms. The number of benzene rings is 1. The fourth-order valence-electron chi connectivity index (χ4n) is 4.19. The van der Waals surface area contributed by atoms with Crippen LogP contribution in [0.25, 0.3) is 0 Å². The van der Waals surface area contributed by atoms with Gasteiger partial charge in [-0.3, -0.25) is 9.69 Å². The van der Waals surface area contributed by atoms with Gasteiger partial charge in [-0.2, -0.15) is 0 Å². The summed E-state index contributed by atoms with van der Waals surface area (Å²) < 4.78 is 27.2. The third-order valence-electron chi connectivity index (χ3n) is 5.29. The van der Waals surface area contributed by atoms with E-state index in [1.807, 2.05) is 4.90 Å². The molecule has 0 bridgehead atoms. The number of likely N-dealkylation sites (tertiary alicyclic amines) is 2. The zero-order chi connectivity index (χ0) is 17.3. The Balaban J connectivity index is 1.72. The zero-order valence-corrected chi connectivity index (χ0v) is 13.9. The number of carbonyl (C=O) groups is 1. The average molecular weight is 338 g/mol. The maximum absolute atomic E-state index is 13.9. The molecule has 1 aromatic rings. The Kier molecular flexibility index (Phi) is 5.15. The molecule has 3 atom stereocenters. The lowest BCUT2D eigenvalue weighted by atomic mass is 10.0. The van der Waals surface area contributed by atoms with Crippen LogP contribution < -0.4 is 0 Å². The number of nitrogens with zero attached hydrogens (tertiary/aromatic N) is 2. The third kappa shape index (κ3) is 3.44. The predicted molar refractivity (Wildman–Crippen MR) is 86.3 cm³/mol. The minimum absolute atomic E-state index is 0.00417. The highest BCUT2D eigenvalue weighted by Gasteiger charge is 2.39. The molecule has 3 rings (SSSR count). The van der Waals surface area contributed by atoms with E-state index in [0.29, 0.717) is 0 Å². The second-order valence-electron chi connectivity index (χ2n) is 6.81. The van der Waals surface area contributed by atoms with Gasteiger partial charge in [-0.15, -0.1) is 0 Å². The number of carbonyl (C=O) groups excluding carboxylic acids is 1. The molecule has 2 aliphatic rings. The SMILES string of the molecule is CC(=O)N1CCC[C@@H]1[C@@H]1CCCN1C[C@H](O)c1cc(F)ccc1F. The first-order chi connectivity index (χ1) is 11.5. The smallest absolute Gasteiger partial charge is 0.219 e. The van der Waals surface area contributed by atoms with Crippen molar-refractivity contribution in [2.75, 3.05) is 19.6 Å². The van der Waals surface area contributed by atoms with Crippen LogP contribution in [0.3, 0.4) is 0 Å². The molecule has 0 aliphatic carbocycles. The normalized spacial score (nSPS) is 26.1. The summed E-state index contributed by atoms with van der Waals surface area (Å²) >= 11 is 0. The molecule has 0 unspecified atom stereocenters. The number of hydrogen-bond acceptors (Lipinski definition) is 3. The van der Waals surface area contributed by atoms with Crippen LogP contribution in [0.1, 0.15) is 44.3 Å². The summed E-state index contributed by atoms with van der Waals surface area (Å²) in [7, 11) is 0. The van der Waals surface area contributed by atoms with Crippen LogP contribution in [0.5, 0.6) is 0 Å². The minimum Gasteiger partial charge on any atom is -0.387 e. The Morgan fingerprint density at radius 1 is 1.25 bits per heavy atom. The van der Waals surface area contributed by atoms with E-state index in [4.69, 9.17) is 0 Å². The van der Waals surface area contributed by atoms with Gasteiger partial charge in [0.15, 0.2) is 0 Å². The maximum atomic E-state index is 13.9. The number of aliphatic hydroxyl groups is 1. The lowest BCUT2D eigenvalue weighted by Crippen LogP contribution is -2.48. The topological polar surface area (TPSA) is 43.8 Å². The van der Waals surface area contributed by atoms with Crippen LogP contribution in [0.15, 0.2) is 18.2 Å². The molecule has 0 aromatic heterocycles. The van der Waals surface area contributed by atoms with Gasteiger partial charge in [0.05, 0.1) is 6.10 Å². The predicted octanol–water partition coefficient (Wildman–Crippen LogP) is 2.47. The highest BCUT2D eigenvalue weighted by atomic mass is 19.1. The number of hydrogen-bond donors (Lipinski definition) is 1.